The summed E-state index contributed by atoms with van der Waals surface area (Å²) >= 11 is 0. The molecule has 0 aliphatic heterocycles. The lowest BCUT2D eigenvalue weighted by Crippen LogP contribution is -1.97. The number of hydrogen-bond acceptors (Lipinski definition) is 5. The van der Waals surface area contributed by atoms with Gasteiger partial charge >= 0.3 is 0 Å². The Bertz CT molecular complexity index is 1230. The molecule has 0 bridgehead atoms. The summed E-state index contributed by atoms with van der Waals surface area (Å²) in [5, 5.41) is 0. The zero-order valence-electron chi connectivity index (χ0n) is 17.5. The highest BCUT2D eigenvalue weighted by molar-refractivity contribution is 6.07. The van der Waals surface area contributed by atoms with Gasteiger partial charge in [-0.3, -0.25) is 9.36 Å². The number of imidazole rings is 1. The van der Waals surface area contributed by atoms with Crippen LogP contribution >= 0.6 is 0 Å². The number of methoxy groups -OCH3 is 3. The summed E-state index contributed by atoms with van der Waals surface area (Å²) in [4.78, 5) is 17.1. The van der Waals surface area contributed by atoms with E-state index in [1.807, 2.05) is 53.1 Å². The molecule has 6 nitrogen and oxygen atoms in total. The molecular formula is C25H22N2O4. The zero-order valence-corrected chi connectivity index (χ0v) is 17.5. The molecule has 1 aromatic heterocycles. The lowest BCUT2D eigenvalue weighted by molar-refractivity contribution is 0.104. The van der Waals surface area contributed by atoms with Crippen molar-refractivity contribution in [1.82, 2.24) is 9.55 Å². The van der Waals surface area contributed by atoms with E-state index in [-0.39, 0.29) is 5.78 Å². The number of hydrogen-bond donors (Lipinski definition) is 0. The number of nitrogens with zero attached hydrogens (tertiary/aromatic N) is 2. The van der Waals surface area contributed by atoms with Crippen molar-refractivity contribution in [3.63, 3.8) is 0 Å². The minimum Gasteiger partial charge on any atom is -0.493 e. The largest absolute Gasteiger partial charge is 0.493 e. The molecule has 0 unspecified atom stereocenters. The summed E-state index contributed by atoms with van der Waals surface area (Å²) in [6, 6.07) is 18.9. The zero-order chi connectivity index (χ0) is 21.8. The molecule has 3 aromatic carbocycles. The van der Waals surface area contributed by atoms with Crippen LogP contribution in [-0.2, 0) is 0 Å². The van der Waals surface area contributed by atoms with E-state index in [2.05, 4.69) is 4.98 Å². The lowest BCUT2D eigenvalue weighted by Gasteiger charge is -2.12. The van der Waals surface area contributed by atoms with Gasteiger partial charge in [0, 0.05) is 11.3 Å². The molecule has 0 saturated heterocycles. The number of ketones is 1. The summed E-state index contributed by atoms with van der Waals surface area (Å²) in [6.07, 6.45) is 5.04. The van der Waals surface area contributed by atoms with Gasteiger partial charge in [-0.1, -0.05) is 18.2 Å². The first-order valence-corrected chi connectivity index (χ1v) is 9.69. The number of carbonyl (C=O) groups excluding carboxylic acids is 1. The highest BCUT2D eigenvalue weighted by atomic mass is 16.5. The van der Waals surface area contributed by atoms with Crippen LogP contribution in [0.25, 0.3) is 22.8 Å². The number of carbonyl (C=O) groups is 1. The average molecular weight is 414 g/mol. The van der Waals surface area contributed by atoms with E-state index in [4.69, 9.17) is 14.2 Å². The molecule has 31 heavy (non-hydrogen) atoms. The van der Waals surface area contributed by atoms with Crippen LogP contribution in [0, 0.1) is 0 Å². The quantitative estimate of drug-likeness (QED) is 0.316. The number of allylic oxidation sites excluding steroid dienone is 1. The van der Waals surface area contributed by atoms with Crippen LogP contribution in [-0.4, -0.2) is 36.7 Å². The maximum atomic E-state index is 12.7. The van der Waals surface area contributed by atoms with Crippen LogP contribution in [0.2, 0.25) is 0 Å². The van der Waals surface area contributed by atoms with Gasteiger partial charge in [-0.05, 0) is 60.2 Å². The molecule has 0 radical (unpaired) electrons. The van der Waals surface area contributed by atoms with Gasteiger partial charge in [0.2, 0.25) is 5.75 Å². The van der Waals surface area contributed by atoms with Gasteiger partial charge in [0.1, 0.15) is 6.33 Å². The Morgan fingerprint density at radius 1 is 0.903 bits per heavy atom. The summed E-state index contributed by atoms with van der Waals surface area (Å²) < 4.78 is 18.0. The molecule has 0 fully saturated rings. The van der Waals surface area contributed by atoms with E-state index in [9.17, 15) is 4.79 Å². The highest BCUT2D eigenvalue weighted by Crippen LogP contribution is 2.38. The molecule has 0 aliphatic carbocycles. The SMILES string of the molecule is COc1cc(/C=C/C(=O)c2ccc(-n3cnc4ccccc43)cc2)cc(OC)c1OC. The third-order valence-electron chi connectivity index (χ3n) is 5.00. The summed E-state index contributed by atoms with van der Waals surface area (Å²) in [5.74, 6) is 1.48. The van der Waals surface area contributed by atoms with Crippen molar-refractivity contribution in [2.75, 3.05) is 21.3 Å². The van der Waals surface area contributed by atoms with Crippen LogP contribution in [0.5, 0.6) is 17.2 Å². The smallest absolute Gasteiger partial charge is 0.203 e. The van der Waals surface area contributed by atoms with E-state index in [0.717, 1.165) is 22.3 Å². The Morgan fingerprint density at radius 3 is 2.23 bits per heavy atom. The van der Waals surface area contributed by atoms with E-state index in [1.54, 1.807) is 45.9 Å². The van der Waals surface area contributed by atoms with Gasteiger partial charge in [0.15, 0.2) is 17.3 Å². The fraction of sp³-hybridized carbons (Fsp3) is 0.120. The fourth-order valence-electron chi connectivity index (χ4n) is 3.42. The first kappa shape index (κ1) is 20.2. The van der Waals surface area contributed by atoms with Crippen molar-refractivity contribution in [2.24, 2.45) is 0 Å². The molecule has 0 saturated carbocycles. The van der Waals surface area contributed by atoms with E-state index < -0.39 is 0 Å². The first-order chi connectivity index (χ1) is 15.1. The molecule has 0 aliphatic rings. The van der Waals surface area contributed by atoms with Gasteiger partial charge in [0.05, 0.1) is 32.4 Å². The third-order valence-corrected chi connectivity index (χ3v) is 5.00. The van der Waals surface area contributed by atoms with Crippen molar-refractivity contribution in [2.45, 2.75) is 0 Å². The third kappa shape index (κ3) is 4.00. The van der Waals surface area contributed by atoms with Crippen molar-refractivity contribution < 1.29 is 19.0 Å². The number of para-hydroxylation sites is 2. The molecule has 4 aromatic rings. The second kappa shape index (κ2) is 8.75. The number of fused-ring (bicyclic) bond motifs is 1. The van der Waals surface area contributed by atoms with Crippen LogP contribution in [0.3, 0.4) is 0 Å². The van der Waals surface area contributed by atoms with Crippen LogP contribution in [0.1, 0.15) is 15.9 Å². The Labute approximate surface area is 180 Å². The van der Waals surface area contributed by atoms with Crippen molar-refractivity contribution in [1.29, 1.82) is 0 Å². The van der Waals surface area contributed by atoms with Gasteiger partial charge in [-0.15, -0.1) is 0 Å². The summed E-state index contributed by atoms with van der Waals surface area (Å²) in [5.41, 5.74) is 4.25. The molecule has 6 heteroatoms. The molecule has 0 atom stereocenters. The topological polar surface area (TPSA) is 62.6 Å². The standard InChI is InChI=1S/C25H22N2O4/c1-29-23-14-17(15-24(30-2)25(23)31-3)8-13-22(28)18-9-11-19(12-10-18)27-16-26-20-6-4-5-7-21(20)27/h4-16H,1-3H3/b13-8+. The molecule has 0 amide bonds. The maximum Gasteiger partial charge on any atom is 0.203 e. The van der Waals surface area contributed by atoms with E-state index >= 15 is 0 Å². The summed E-state index contributed by atoms with van der Waals surface area (Å²) in [7, 11) is 4.66. The lowest BCUT2D eigenvalue weighted by atomic mass is 10.1. The van der Waals surface area contributed by atoms with Crippen LogP contribution in [0.4, 0.5) is 0 Å². The molecule has 0 spiro atoms. The van der Waals surface area contributed by atoms with Crippen molar-refractivity contribution in [3.05, 3.63) is 84.2 Å². The fourth-order valence-corrected chi connectivity index (χ4v) is 3.42. The Morgan fingerprint density at radius 2 is 1.58 bits per heavy atom. The minimum absolute atomic E-state index is 0.101. The number of benzene rings is 3. The van der Waals surface area contributed by atoms with Gasteiger partial charge < -0.3 is 14.2 Å². The predicted molar refractivity (Wildman–Crippen MR) is 121 cm³/mol. The molecule has 4 rings (SSSR count). The van der Waals surface area contributed by atoms with Crippen molar-refractivity contribution >= 4 is 22.9 Å². The predicted octanol–water partition coefficient (Wildman–Crippen LogP) is 4.95. The molecular weight excluding hydrogens is 392 g/mol. The molecule has 0 N–H and O–H groups in total. The number of rotatable bonds is 7. The normalized spacial score (nSPS) is 11.1. The second-order valence-electron chi connectivity index (χ2n) is 6.81. The Balaban J connectivity index is 1.56. The van der Waals surface area contributed by atoms with Gasteiger partial charge in [-0.25, -0.2) is 4.98 Å². The summed E-state index contributed by atoms with van der Waals surface area (Å²) in [6.45, 7) is 0. The van der Waals surface area contributed by atoms with Crippen LogP contribution < -0.4 is 14.2 Å². The first-order valence-electron chi connectivity index (χ1n) is 9.69. The second-order valence-corrected chi connectivity index (χ2v) is 6.81. The monoisotopic (exact) mass is 414 g/mol. The molecule has 1 heterocycles. The van der Waals surface area contributed by atoms with Gasteiger partial charge in [-0.2, -0.15) is 0 Å². The van der Waals surface area contributed by atoms with Crippen molar-refractivity contribution in [3.8, 4) is 22.9 Å². The average Bonchev–Trinajstić information content (AvgIpc) is 3.26. The molecule has 156 valence electrons. The van der Waals surface area contributed by atoms with Gasteiger partial charge in [0.25, 0.3) is 0 Å². The number of ether oxygens (including phenoxy) is 3. The van der Waals surface area contributed by atoms with E-state index in [1.165, 1.54) is 6.08 Å². The Kier molecular flexibility index (Phi) is 5.71. The number of aromatic nitrogens is 2. The van der Waals surface area contributed by atoms with Crippen LogP contribution in [0.15, 0.2) is 73.1 Å². The van der Waals surface area contributed by atoms with E-state index in [0.29, 0.717) is 22.8 Å². The maximum absolute atomic E-state index is 12.7. The highest BCUT2D eigenvalue weighted by Gasteiger charge is 2.12. The minimum atomic E-state index is -0.101. The Hall–Kier alpha value is -4.06.